The number of hydrogen-bond donors (Lipinski definition) is 2. The van der Waals surface area contributed by atoms with Crippen LogP contribution < -0.4 is 11.5 Å². The second kappa shape index (κ2) is 1.20. The first-order valence-electron chi connectivity index (χ1n) is 2.84. The first kappa shape index (κ1) is 5.02. The Morgan fingerprint density at radius 1 is 1.67 bits per heavy atom. The van der Waals surface area contributed by atoms with Crippen molar-refractivity contribution in [1.29, 1.82) is 0 Å². The lowest BCUT2D eigenvalue weighted by Gasteiger charge is -2.01. The van der Waals surface area contributed by atoms with Gasteiger partial charge in [-0.1, -0.05) is 0 Å². The summed E-state index contributed by atoms with van der Waals surface area (Å²) in [7, 11) is 0. The molecule has 2 rings (SSSR count). The Morgan fingerprint density at radius 2 is 2.44 bits per heavy atom. The molecule has 48 valence electrons. The number of rotatable bonds is 0. The zero-order valence-electron chi connectivity index (χ0n) is 4.87. The largest absolute Gasteiger partial charge is 0.399 e. The summed E-state index contributed by atoms with van der Waals surface area (Å²) in [6.07, 6.45) is 5.40. The maximum atomic E-state index is 5.60. The highest BCUT2D eigenvalue weighted by atomic mass is 16.6. The lowest BCUT2D eigenvalue weighted by molar-refractivity contribution is 0.347. The molecule has 0 saturated carbocycles. The van der Waals surface area contributed by atoms with Gasteiger partial charge in [-0.3, -0.25) is 5.73 Å². The van der Waals surface area contributed by atoms with Gasteiger partial charge in [0.1, 0.15) is 6.10 Å². The number of epoxide rings is 1. The van der Waals surface area contributed by atoms with Gasteiger partial charge in [0.2, 0.25) is 0 Å². The van der Waals surface area contributed by atoms with Gasteiger partial charge in [-0.2, -0.15) is 0 Å². The molecule has 1 saturated heterocycles. The quantitative estimate of drug-likeness (QED) is 0.426. The van der Waals surface area contributed by atoms with Gasteiger partial charge in [0.15, 0.2) is 5.72 Å². The number of allylic oxidation sites excluding steroid dienone is 1. The SMILES string of the molecule is NC1=CC2OC2(N)C=C1. The first-order valence-corrected chi connectivity index (χ1v) is 2.84. The fraction of sp³-hybridized carbons (Fsp3) is 0.333. The van der Waals surface area contributed by atoms with Crippen LogP contribution >= 0.6 is 0 Å². The van der Waals surface area contributed by atoms with E-state index < -0.39 is 5.72 Å². The summed E-state index contributed by atoms with van der Waals surface area (Å²) < 4.78 is 5.07. The minimum Gasteiger partial charge on any atom is -0.399 e. The molecular weight excluding hydrogens is 116 g/mol. The minimum absolute atomic E-state index is 0.0301. The molecule has 0 bridgehead atoms. The van der Waals surface area contributed by atoms with Gasteiger partial charge in [-0.05, 0) is 18.2 Å². The molecule has 1 fully saturated rings. The molecule has 1 aliphatic heterocycles. The normalized spacial score (nSPS) is 45.9. The van der Waals surface area contributed by atoms with Crippen LogP contribution in [0.15, 0.2) is 23.9 Å². The van der Waals surface area contributed by atoms with Crippen molar-refractivity contribution in [2.24, 2.45) is 11.5 Å². The Labute approximate surface area is 53.0 Å². The topological polar surface area (TPSA) is 64.6 Å². The van der Waals surface area contributed by atoms with E-state index in [2.05, 4.69) is 0 Å². The van der Waals surface area contributed by atoms with E-state index in [0.717, 1.165) is 5.70 Å². The maximum Gasteiger partial charge on any atom is 0.167 e. The van der Waals surface area contributed by atoms with Crippen LogP contribution in [0.3, 0.4) is 0 Å². The standard InChI is InChI=1S/C6H8N2O/c7-4-1-2-6(8)5(3-4)9-6/h1-3,5H,7-8H2. The molecule has 2 unspecified atom stereocenters. The van der Waals surface area contributed by atoms with Crippen LogP contribution in [0, 0.1) is 0 Å². The molecule has 3 heteroatoms. The van der Waals surface area contributed by atoms with Crippen molar-refractivity contribution < 1.29 is 4.74 Å². The number of fused-ring (bicyclic) bond motifs is 1. The van der Waals surface area contributed by atoms with E-state index in [-0.39, 0.29) is 6.10 Å². The molecule has 2 atom stereocenters. The molecular formula is C6H8N2O. The van der Waals surface area contributed by atoms with Gasteiger partial charge in [-0.15, -0.1) is 0 Å². The second-order valence-electron chi connectivity index (χ2n) is 2.39. The molecule has 4 N–H and O–H groups in total. The third-order valence-corrected chi connectivity index (χ3v) is 1.60. The van der Waals surface area contributed by atoms with E-state index in [1.54, 1.807) is 12.2 Å². The highest BCUT2D eigenvalue weighted by molar-refractivity contribution is 5.34. The van der Waals surface area contributed by atoms with Gasteiger partial charge in [0.05, 0.1) is 0 Å². The molecule has 0 aromatic carbocycles. The van der Waals surface area contributed by atoms with Crippen molar-refractivity contribution in [3.8, 4) is 0 Å². The minimum atomic E-state index is -0.511. The van der Waals surface area contributed by atoms with E-state index in [4.69, 9.17) is 16.2 Å². The number of hydrogen-bond acceptors (Lipinski definition) is 3. The predicted octanol–water partition coefficient (Wildman–Crippen LogP) is -0.547. The monoisotopic (exact) mass is 124 g/mol. The van der Waals surface area contributed by atoms with Gasteiger partial charge in [-0.25, -0.2) is 0 Å². The van der Waals surface area contributed by atoms with Crippen molar-refractivity contribution in [3.05, 3.63) is 23.9 Å². The zero-order valence-corrected chi connectivity index (χ0v) is 4.87. The van der Waals surface area contributed by atoms with Gasteiger partial charge in [0, 0.05) is 5.70 Å². The molecule has 9 heavy (non-hydrogen) atoms. The van der Waals surface area contributed by atoms with Gasteiger partial charge >= 0.3 is 0 Å². The summed E-state index contributed by atoms with van der Waals surface area (Å²) in [6, 6.07) is 0. The fourth-order valence-corrected chi connectivity index (χ4v) is 0.941. The maximum absolute atomic E-state index is 5.60. The summed E-state index contributed by atoms with van der Waals surface area (Å²) in [5.74, 6) is 0. The Balaban J connectivity index is 2.31. The van der Waals surface area contributed by atoms with Crippen LogP contribution in [-0.2, 0) is 4.74 Å². The summed E-state index contributed by atoms with van der Waals surface area (Å²) in [5, 5.41) is 0. The predicted molar refractivity (Wildman–Crippen MR) is 33.2 cm³/mol. The number of nitrogens with two attached hydrogens (primary N) is 2. The highest BCUT2D eigenvalue weighted by Crippen LogP contribution is 2.36. The Kier molecular flexibility index (Phi) is 0.668. The lowest BCUT2D eigenvalue weighted by Crippen LogP contribution is -2.26. The van der Waals surface area contributed by atoms with E-state index in [0.29, 0.717) is 0 Å². The summed E-state index contributed by atoms with van der Waals surface area (Å²) in [6.45, 7) is 0. The van der Waals surface area contributed by atoms with Crippen LogP contribution in [0.1, 0.15) is 0 Å². The molecule has 2 aliphatic rings. The Hall–Kier alpha value is -0.800. The number of ether oxygens (including phenoxy) is 1. The molecule has 0 aromatic heterocycles. The van der Waals surface area contributed by atoms with Crippen molar-refractivity contribution in [1.82, 2.24) is 0 Å². The second-order valence-corrected chi connectivity index (χ2v) is 2.39. The molecule has 0 spiro atoms. The summed E-state index contributed by atoms with van der Waals surface area (Å²) in [4.78, 5) is 0. The van der Waals surface area contributed by atoms with Gasteiger partial charge in [0.25, 0.3) is 0 Å². The van der Waals surface area contributed by atoms with Crippen LogP contribution in [0.5, 0.6) is 0 Å². The van der Waals surface area contributed by atoms with Crippen molar-refractivity contribution in [2.45, 2.75) is 11.8 Å². The molecule has 1 heterocycles. The Bertz CT molecular complexity index is 209. The van der Waals surface area contributed by atoms with Crippen molar-refractivity contribution >= 4 is 0 Å². The molecule has 1 aliphatic carbocycles. The third kappa shape index (κ3) is 0.588. The summed E-state index contributed by atoms with van der Waals surface area (Å²) >= 11 is 0. The van der Waals surface area contributed by atoms with E-state index in [1.807, 2.05) is 6.08 Å². The summed E-state index contributed by atoms with van der Waals surface area (Å²) in [5.41, 5.74) is 11.3. The molecule has 0 amide bonds. The van der Waals surface area contributed by atoms with Crippen LogP contribution in [0.2, 0.25) is 0 Å². The van der Waals surface area contributed by atoms with Crippen LogP contribution in [-0.4, -0.2) is 11.8 Å². The fourth-order valence-electron chi connectivity index (χ4n) is 0.941. The van der Waals surface area contributed by atoms with E-state index in [9.17, 15) is 0 Å². The van der Waals surface area contributed by atoms with Crippen LogP contribution in [0.4, 0.5) is 0 Å². The van der Waals surface area contributed by atoms with Crippen molar-refractivity contribution in [2.75, 3.05) is 0 Å². The third-order valence-electron chi connectivity index (χ3n) is 1.60. The lowest BCUT2D eigenvalue weighted by atomic mass is 10.1. The van der Waals surface area contributed by atoms with E-state index in [1.165, 1.54) is 0 Å². The first-order chi connectivity index (χ1) is 4.21. The average Bonchev–Trinajstić information content (AvgIpc) is 2.41. The Morgan fingerprint density at radius 3 is 3.00 bits per heavy atom. The smallest absolute Gasteiger partial charge is 0.167 e. The molecule has 3 nitrogen and oxygen atoms in total. The van der Waals surface area contributed by atoms with E-state index >= 15 is 0 Å². The highest BCUT2D eigenvalue weighted by Gasteiger charge is 2.51. The molecule has 0 radical (unpaired) electrons. The average molecular weight is 124 g/mol. The van der Waals surface area contributed by atoms with Crippen molar-refractivity contribution in [3.63, 3.8) is 0 Å². The zero-order chi connectivity index (χ0) is 6.48. The van der Waals surface area contributed by atoms with Crippen LogP contribution in [0.25, 0.3) is 0 Å². The van der Waals surface area contributed by atoms with Gasteiger partial charge < -0.3 is 10.5 Å². The molecule has 0 aromatic rings.